The van der Waals surface area contributed by atoms with Crippen molar-refractivity contribution >= 4 is 39.0 Å². The number of halogens is 2. The lowest BCUT2D eigenvalue weighted by molar-refractivity contribution is -0.131. The SMILES string of the molecule is CN(CCC(N)=S)C(=O)COc1ccc(F)cc1Br. The zero-order valence-corrected chi connectivity index (χ0v) is 12.8. The van der Waals surface area contributed by atoms with Gasteiger partial charge in [-0.3, -0.25) is 4.79 Å². The summed E-state index contributed by atoms with van der Waals surface area (Å²) in [4.78, 5) is 13.6. The molecule has 0 bridgehead atoms. The molecule has 0 fully saturated rings. The number of carbonyl (C=O) groups excluding carboxylic acids is 1. The van der Waals surface area contributed by atoms with E-state index < -0.39 is 0 Å². The number of benzene rings is 1. The largest absolute Gasteiger partial charge is 0.483 e. The minimum absolute atomic E-state index is 0.127. The number of hydrogen-bond donors (Lipinski definition) is 1. The zero-order valence-electron chi connectivity index (χ0n) is 10.4. The van der Waals surface area contributed by atoms with Crippen molar-refractivity contribution in [1.82, 2.24) is 4.90 Å². The Kier molecular flexibility index (Phi) is 6.17. The Hall–Kier alpha value is -1.21. The third kappa shape index (κ3) is 5.52. The number of hydrogen-bond acceptors (Lipinski definition) is 3. The lowest BCUT2D eigenvalue weighted by atomic mass is 10.3. The lowest BCUT2D eigenvalue weighted by Gasteiger charge is -2.17. The number of nitrogens with two attached hydrogens (primary N) is 1. The smallest absolute Gasteiger partial charge is 0.260 e. The molecule has 0 aromatic heterocycles. The van der Waals surface area contributed by atoms with Gasteiger partial charge >= 0.3 is 0 Å². The fourth-order valence-electron chi connectivity index (χ4n) is 1.24. The van der Waals surface area contributed by atoms with Gasteiger partial charge in [-0.25, -0.2) is 4.39 Å². The van der Waals surface area contributed by atoms with Crippen molar-refractivity contribution in [1.29, 1.82) is 0 Å². The molecule has 7 heteroatoms. The van der Waals surface area contributed by atoms with Crippen molar-refractivity contribution in [3.63, 3.8) is 0 Å². The maximum atomic E-state index is 12.9. The van der Waals surface area contributed by atoms with Crippen LogP contribution in [0.4, 0.5) is 4.39 Å². The molecule has 0 aliphatic rings. The Morgan fingerprint density at radius 3 is 2.84 bits per heavy atom. The first kappa shape index (κ1) is 15.8. The number of carbonyl (C=O) groups is 1. The van der Waals surface area contributed by atoms with Crippen molar-refractivity contribution in [3.8, 4) is 5.75 Å². The Labute approximate surface area is 124 Å². The summed E-state index contributed by atoms with van der Waals surface area (Å²) < 4.78 is 18.6. The summed E-state index contributed by atoms with van der Waals surface area (Å²) in [7, 11) is 1.64. The standard InChI is InChI=1S/C12H14BrFN2O2S/c1-16(5-4-11(15)19)12(17)7-18-10-3-2-8(14)6-9(10)13/h2-3,6H,4-5,7H2,1H3,(H2,15,19). The number of rotatable bonds is 6. The van der Waals surface area contributed by atoms with E-state index >= 15 is 0 Å². The molecule has 0 atom stereocenters. The summed E-state index contributed by atoms with van der Waals surface area (Å²) in [6.45, 7) is 0.320. The van der Waals surface area contributed by atoms with Crippen molar-refractivity contribution in [3.05, 3.63) is 28.5 Å². The fraction of sp³-hybridized carbons (Fsp3) is 0.333. The molecule has 0 aliphatic carbocycles. The Morgan fingerprint density at radius 1 is 1.58 bits per heavy atom. The monoisotopic (exact) mass is 348 g/mol. The molecule has 0 spiro atoms. The average Bonchev–Trinajstić information content (AvgIpc) is 2.34. The highest BCUT2D eigenvalue weighted by Gasteiger charge is 2.11. The molecule has 0 saturated carbocycles. The summed E-state index contributed by atoms with van der Waals surface area (Å²) in [6.07, 6.45) is 0.470. The van der Waals surface area contributed by atoms with Crippen LogP contribution in [0.25, 0.3) is 0 Å². The molecular formula is C12H14BrFN2O2S. The van der Waals surface area contributed by atoms with E-state index in [-0.39, 0.29) is 18.3 Å². The summed E-state index contributed by atoms with van der Waals surface area (Å²) in [5.41, 5.74) is 5.36. The second-order valence-electron chi connectivity index (χ2n) is 3.90. The molecule has 4 nitrogen and oxygen atoms in total. The topological polar surface area (TPSA) is 55.6 Å². The van der Waals surface area contributed by atoms with Crippen LogP contribution in [-0.4, -0.2) is 36.0 Å². The molecule has 0 heterocycles. The molecule has 0 radical (unpaired) electrons. The van der Waals surface area contributed by atoms with Crippen LogP contribution in [0, 0.1) is 5.82 Å². The van der Waals surface area contributed by atoms with Gasteiger partial charge in [0.25, 0.3) is 5.91 Å². The summed E-state index contributed by atoms with van der Waals surface area (Å²) in [5, 5.41) is 0. The first-order chi connectivity index (χ1) is 8.90. The third-order valence-corrected chi connectivity index (χ3v) is 3.19. The van der Waals surface area contributed by atoms with Gasteiger partial charge in [0.1, 0.15) is 11.6 Å². The van der Waals surface area contributed by atoms with Gasteiger partial charge in [-0.15, -0.1) is 0 Å². The first-order valence-electron chi connectivity index (χ1n) is 5.50. The second kappa shape index (κ2) is 7.40. The quantitative estimate of drug-likeness (QED) is 0.800. The molecule has 0 aliphatic heterocycles. The molecule has 0 saturated heterocycles. The van der Waals surface area contributed by atoms with Crippen LogP contribution in [0.2, 0.25) is 0 Å². The molecule has 1 amide bonds. The molecule has 104 valence electrons. The average molecular weight is 349 g/mol. The van der Waals surface area contributed by atoms with E-state index in [1.165, 1.54) is 23.1 Å². The Balaban J connectivity index is 2.47. The number of thiocarbonyl (C=S) groups is 1. The number of likely N-dealkylation sites (N-methyl/N-ethyl adjacent to an activating group) is 1. The van der Waals surface area contributed by atoms with Gasteiger partial charge in [-0.2, -0.15) is 0 Å². The van der Waals surface area contributed by atoms with Crippen molar-refractivity contribution in [2.75, 3.05) is 20.2 Å². The molecule has 2 N–H and O–H groups in total. The fourth-order valence-corrected chi connectivity index (χ4v) is 1.80. The van der Waals surface area contributed by atoms with Crippen LogP contribution < -0.4 is 10.5 Å². The number of amides is 1. The lowest BCUT2D eigenvalue weighted by Crippen LogP contribution is -2.33. The van der Waals surface area contributed by atoms with E-state index in [4.69, 9.17) is 22.7 Å². The van der Waals surface area contributed by atoms with Gasteiger partial charge in [-0.05, 0) is 34.1 Å². The van der Waals surface area contributed by atoms with E-state index in [2.05, 4.69) is 15.9 Å². The minimum Gasteiger partial charge on any atom is -0.483 e. The van der Waals surface area contributed by atoms with E-state index in [0.29, 0.717) is 28.2 Å². The predicted molar refractivity (Wildman–Crippen MR) is 78.6 cm³/mol. The van der Waals surface area contributed by atoms with E-state index in [1.807, 2.05) is 0 Å². The van der Waals surface area contributed by atoms with Gasteiger partial charge in [-0.1, -0.05) is 12.2 Å². The van der Waals surface area contributed by atoms with Crippen LogP contribution in [-0.2, 0) is 4.79 Å². The number of nitrogens with zero attached hydrogens (tertiary/aromatic N) is 1. The van der Waals surface area contributed by atoms with E-state index in [0.717, 1.165) is 0 Å². The first-order valence-corrected chi connectivity index (χ1v) is 6.70. The predicted octanol–water partition coefficient (Wildman–Crippen LogP) is 2.10. The van der Waals surface area contributed by atoms with Gasteiger partial charge in [0.15, 0.2) is 6.61 Å². The van der Waals surface area contributed by atoms with Gasteiger partial charge in [0, 0.05) is 20.0 Å². The Morgan fingerprint density at radius 2 is 2.26 bits per heavy atom. The van der Waals surface area contributed by atoms with Crippen molar-refractivity contribution in [2.45, 2.75) is 6.42 Å². The van der Waals surface area contributed by atoms with Crippen molar-refractivity contribution in [2.24, 2.45) is 5.73 Å². The molecule has 1 aromatic rings. The third-order valence-electron chi connectivity index (χ3n) is 2.36. The molecular weight excluding hydrogens is 335 g/mol. The van der Waals surface area contributed by atoms with Gasteiger partial charge in [0.2, 0.25) is 0 Å². The number of ether oxygens (including phenoxy) is 1. The van der Waals surface area contributed by atoms with Crippen LogP contribution in [0.15, 0.2) is 22.7 Å². The summed E-state index contributed by atoms with van der Waals surface area (Å²) in [5.74, 6) is -0.163. The molecule has 1 rings (SSSR count). The maximum Gasteiger partial charge on any atom is 0.260 e. The molecule has 1 aromatic carbocycles. The van der Waals surface area contributed by atoms with E-state index in [1.54, 1.807) is 7.05 Å². The van der Waals surface area contributed by atoms with Crippen LogP contribution in [0.3, 0.4) is 0 Å². The zero-order chi connectivity index (χ0) is 14.4. The molecule has 19 heavy (non-hydrogen) atoms. The minimum atomic E-state index is -0.376. The van der Waals surface area contributed by atoms with Crippen molar-refractivity contribution < 1.29 is 13.9 Å². The normalized spacial score (nSPS) is 10.1. The van der Waals surface area contributed by atoms with Crippen LogP contribution >= 0.6 is 28.1 Å². The van der Waals surface area contributed by atoms with Gasteiger partial charge < -0.3 is 15.4 Å². The highest BCUT2D eigenvalue weighted by atomic mass is 79.9. The summed E-state index contributed by atoms with van der Waals surface area (Å²) in [6, 6.07) is 4.00. The van der Waals surface area contributed by atoms with Crippen LogP contribution in [0.5, 0.6) is 5.75 Å². The molecule has 0 unspecified atom stereocenters. The highest BCUT2D eigenvalue weighted by molar-refractivity contribution is 9.10. The van der Waals surface area contributed by atoms with E-state index in [9.17, 15) is 9.18 Å². The summed E-state index contributed by atoms with van der Waals surface area (Å²) >= 11 is 7.90. The second-order valence-corrected chi connectivity index (χ2v) is 5.27. The Bertz CT molecular complexity index is 485. The highest BCUT2D eigenvalue weighted by Crippen LogP contribution is 2.25. The van der Waals surface area contributed by atoms with Crippen LogP contribution in [0.1, 0.15) is 6.42 Å². The maximum absolute atomic E-state index is 12.9. The van der Waals surface area contributed by atoms with Gasteiger partial charge in [0.05, 0.1) is 9.46 Å².